The van der Waals surface area contributed by atoms with Crippen molar-refractivity contribution in [2.24, 2.45) is 5.92 Å². The number of alkyl halides is 3. The molecular formula is C33H33F3O3. The molecule has 0 atom stereocenters. The Hall–Kier alpha value is -3.54. The van der Waals surface area contributed by atoms with Crippen molar-refractivity contribution in [1.29, 1.82) is 0 Å². The lowest BCUT2D eigenvalue weighted by molar-refractivity contribution is -0.184. The maximum atomic E-state index is 13.6. The summed E-state index contributed by atoms with van der Waals surface area (Å²) < 4.78 is 51.7. The zero-order valence-electron chi connectivity index (χ0n) is 22.7. The fourth-order valence-electron chi connectivity index (χ4n) is 5.84. The largest absolute Gasteiger partial charge is 0.465 e. The van der Waals surface area contributed by atoms with Crippen molar-refractivity contribution in [2.75, 3.05) is 7.11 Å². The first-order valence-corrected chi connectivity index (χ1v) is 13.3. The zero-order chi connectivity index (χ0) is 28.0. The second-order valence-corrected chi connectivity index (χ2v) is 11.7. The molecule has 1 fully saturated rings. The third-order valence-electron chi connectivity index (χ3n) is 8.26. The number of esters is 1. The molecule has 0 radical (unpaired) electrons. The number of halogens is 3. The molecule has 0 bridgehead atoms. The van der Waals surface area contributed by atoms with E-state index in [1.165, 1.54) is 12.7 Å². The maximum Gasteiger partial charge on any atom is 0.391 e. The summed E-state index contributed by atoms with van der Waals surface area (Å²) in [5.41, 5.74) is 4.65. The molecule has 3 nitrogen and oxygen atoms in total. The van der Waals surface area contributed by atoms with Crippen molar-refractivity contribution in [3.05, 3.63) is 95.1 Å². The van der Waals surface area contributed by atoms with Gasteiger partial charge in [-0.15, -0.1) is 0 Å². The lowest BCUT2D eigenvalue weighted by atomic mass is 9.63. The second-order valence-electron chi connectivity index (χ2n) is 11.7. The molecule has 0 amide bonds. The first-order chi connectivity index (χ1) is 18.4. The second kappa shape index (κ2) is 9.89. The van der Waals surface area contributed by atoms with Gasteiger partial charge in [-0.2, -0.15) is 13.2 Å². The van der Waals surface area contributed by atoms with Crippen LogP contribution in [0.4, 0.5) is 13.2 Å². The SMILES string of the molecule is COC(=O)c1ccc(C2(c3ccc4oc(-c5ccc(C(C)(C)C)cc5)cc4c3)CCC(C(F)(F)F)CC2)cc1. The van der Waals surface area contributed by atoms with Gasteiger partial charge in [-0.25, -0.2) is 4.79 Å². The number of hydrogen-bond donors (Lipinski definition) is 0. The molecule has 1 aliphatic rings. The van der Waals surface area contributed by atoms with Gasteiger partial charge in [-0.1, -0.05) is 63.2 Å². The molecule has 3 aromatic carbocycles. The van der Waals surface area contributed by atoms with Gasteiger partial charge in [0.2, 0.25) is 0 Å². The summed E-state index contributed by atoms with van der Waals surface area (Å²) >= 11 is 0. The molecule has 1 heterocycles. The highest BCUT2D eigenvalue weighted by Crippen LogP contribution is 2.50. The van der Waals surface area contributed by atoms with Crippen LogP contribution in [0.1, 0.15) is 73.5 Å². The highest BCUT2D eigenvalue weighted by atomic mass is 19.4. The summed E-state index contributed by atoms with van der Waals surface area (Å²) in [6.45, 7) is 6.52. The van der Waals surface area contributed by atoms with Gasteiger partial charge in [0.15, 0.2) is 0 Å². The average Bonchev–Trinajstić information content (AvgIpc) is 3.35. The summed E-state index contributed by atoms with van der Waals surface area (Å²) in [5.74, 6) is -1.00. The Labute approximate surface area is 227 Å². The van der Waals surface area contributed by atoms with E-state index in [4.69, 9.17) is 9.15 Å². The van der Waals surface area contributed by atoms with Gasteiger partial charge in [0.25, 0.3) is 0 Å². The lowest BCUT2D eigenvalue weighted by Crippen LogP contribution is -2.37. The maximum absolute atomic E-state index is 13.6. The van der Waals surface area contributed by atoms with Crippen molar-refractivity contribution in [3.63, 3.8) is 0 Å². The van der Waals surface area contributed by atoms with Crippen LogP contribution in [0.2, 0.25) is 0 Å². The fourth-order valence-corrected chi connectivity index (χ4v) is 5.84. The molecule has 0 N–H and O–H groups in total. The van der Waals surface area contributed by atoms with Crippen LogP contribution in [0.15, 0.2) is 77.2 Å². The molecule has 4 aromatic rings. The minimum absolute atomic E-state index is 0.0514. The fraction of sp³-hybridized carbons (Fsp3) is 0.364. The molecule has 0 aliphatic heterocycles. The van der Waals surface area contributed by atoms with Crippen molar-refractivity contribution in [2.45, 2.75) is 63.5 Å². The van der Waals surface area contributed by atoms with E-state index in [9.17, 15) is 18.0 Å². The molecule has 0 spiro atoms. The topological polar surface area (TPSA) is 39.4 Å². The van der Waals surface area contributed by atoms with Gasteiger partial charge in [0.1, 0.15) is 11.3 Å². The Morgan fingerprint density at radius 3 is 2.05 bits per heavy atom. The summed E-state index contributed by atoms with van der Waals surface area (Å²) in [6, 6.07) is 23.4. The predicted molar refractivity (Wildman–Crippen MR) is 147 cm³/mol. The normalized spacial score (nSPS) is 20.2. The highest BCUT2D eigenvalue weighted by Gasteiger charge is 2.47. The standard InChI is InChI=1S/C33H33F3O3/c1-31(2,3)24-9-5-21(6-10-24)29-20-23-19-27(13-14-28(23)39-29)32(17-15-26(16-18-32)33(34,35)36)25-11-7-22(8-12-25)30(37)38-4/h5-14,19-20,26H,15-18H2,1-4H3. The van der Waals surface area contributed by atoms with Gasteiger partial charge in [0.05, 0.1) is 18.6 Å². The van der Waals surface area contributed by atoms with Crippen LogP contribution in [0.25, 0.3) is 22.3 Å². The lowest BCUT2D eigenvalue weighted by Gasteiger charge is -2.42. The third kappa shape index (κ3) is 5.21. The molecule has 1 saturated carbocycles. The summed E-state index contributed by atoms with van der Waals surface area (Å²) in [4.78, 5) is 12.0. The van der Waals surface area contributed by atoms with E-state index in [1.807, 2.05) is 36.4 Å². The van der Waals surface area contributed by atoms with Crippen LogP contribution in [-0.2, 0) is 15.6 Å². The van der Waals surface area contributed by atoms with Gasteiger partial charge in [-0.05, 0) is 78.1 Å². The molecule has 0 unspecified atom stereocenters. The monoisotopic (exact) mass is 534 g/mol. The molecule has 0 saturated heterocycles. The minimum atomic E-state index is -4.20. The van der Waals surface area contributed by atoms with E-state index in [2.05, 4.69) is 45.0 Å². The smallest absolute Gasteiger partial charge is 0.391 e. The number of carbonyl (C=O) groups is 1. The van der Waals surface area contributed by atoms with Gasteiger partial charge >= 0.3 is 12.1 Å². The molecule has 5 rings (SSSR count). The summed E-state index contributed by atoms with van der Waals surface area (Å²) in [6.07, 6.45) is -3.38. The van der Waals surface area contributed by atoms with E-state index in [0.29, 0.717) is 18.4 Å². The van der Waals surface area contributed by atoms with Gasteiger partial charge in [0, 0.05) is 16.4 Å². The van der Waals surface area contributed by atoms with Crippen LogP contribution in [0.5, 0.6) is 0 Å². The Morgan fingerprint density at radius 1 is 0.872 bits per heavy atom. The molecule has 1 aliphatic carbocycles. The highest BCUT2D eigenvalue weighted by molar-refractivity contribution is 5.89. The summed E-state index contributed by atoms with van der Waals surface area (Å²) in [5, 5.41) is 0.908. The van der Waals surface area contributed by atoms with E-state index in [1.54, 1.807) is 12.1 Å². The van der Waals surface area contributed by atoms with Crippen LogP contribution in [0, 0.1) is 5.92 Å². The average molecular weight is 535 g/mol. The first-order valence-electron chi connectivity index (χ1n) is 13.3. The predicted octanol–water partition coefficient (Wildman–Crippen LogP) is 9.22. The van der Waals surface area contributed by atoms with E-state index in [0.717, 1.165) is 33.4 Å². The van der Waals surface area contributed by atoms with Crippen LogP contribution >= 0.6 is 0 Å². The zero-order valence-corrected chi connectivity index (χ0v) is 22.7. The molecule has 1 aromatic heterocycles. The van der Waals surface area contributed by atoms with E-state index < -0.39 is 23.5 Å². The first kappa shape index (κ1) is 27.0. The van der Waals surface area contributed by atoms with Crippen molar-refractivity contribution in [1.82, 2.24) is 0 Å². The van der Waals surface area contributed by atoms with Crippen LogP contribution in [-0.4, -0.2) is 19.3 Å². The van der Waals surface area contributed by atoms with E-state index in [-0.39, 0.29) is 18.3 Å². The molecule has 39 heavy (non-hydrogen) atoms. The van der Waals surface area contributed by atoms with Crippen molar-refractivity contribution >= 4 is 16.9 Å². The van der Waals surface area contributed by atoms with Crippen molar-refractivity contribution in [3.8, 4) is 11.3 Å². The quantitative estimate of drug-likeness (QED) is 0.245. The van der Waals surface area contributed by atoms with Crippen LogP contribution in [0.3, 0.4) is 0 Å². The Morgan fingerprint density at radius 2 is 1.49 bits per heavy atom. The Bertz CT molecular complexity index is 1460. The number of carbonyl (C=O) groups excluding carboxylic acids is 1. The number of fused-ring (bicyclic) bond motifs is 1. The number of rotatable bonds is 4. The van der Waals surface area contributed by atoms with Gasteiger partial charge < -0.3 is 9.15 Å². The molecular weight excluding hydrogens is 501 g/mol. The van der Waals surface area contributed by atoms with E-state index >= 15 is 0 Å². The number of methoxy groups -OCH3 is 1. The summed E-state index contributed by atoms with van der Waals surface area (Å²) in [7, 11) is 1.32. The number of benzene rings is 3. The minimum Gasteiger partial charge on any atom is -0.465 e. The third-order valence-corrected chi connectivity index (χ3v) is 8.26. The number of furan rings is 1. The Balaban J connectivity index is 1.53. The van der Waals surface area contributed by atoms with Crippen molar-refractivity contribution < 1.29 is 27.1 Å². The number of hydrogen-bond acceptors (Lipinski definition) is 3. The Kier molecular flexibility index (Phi) is 6.86. The van der Waals surface area contributed by atoms with Gasteiger partial charge in [-0.3, -0.25) is 0 Å². The molecule has 6 heteroatoms. The number of ether oxygens (including phenoxy) is 1. The molecule has 204 valence electrons. The van der Waals surface area contributed by atoms with Crippen LogP contribution < -0.4 is 0 Å².